The maximum atomic E-state index is 11.3. The molecule has 1 heterocycles. The van der Waals surface area contributed by atoms with Crippen LogP contribution < -0.4 is 0 Å². The van der Waals surface area contributed by atoms with Crippen molar-refractivity contribution in [3.8, 4) is 0 Å². The molecule has 15 heavy (non-hydrogen) atoms. The Balaban J connectivity index is 2.30. The SMILES string of the molecule is CC(C)C(=O)CCCN1C(=O)C=CC1=O. The molecule has 0 spiro atoms. The Bertz CT molecular complexity index is 300. The Morgan fingerprint density at radius 3 is 2.27 bits per heavy atom. The highest BCUT2D eigenvalue weighted by Gasteiger charge is 2.22. The van der Waals surface area contributed by atoms with E-state index >= 15 is 0 Å². The van der Waals surface area contributed by atoms with Gasteiger partial charge in [0, 0.05) is 31.0 Å². The summed E-state index contributed by atoms with van der Waals surface area (Å²) in [5.74, 6) is -0.371. The summed E-state index contributed by atoms with van der Waals surface area (Å²) in [6.07, 6.45) is 3.49. The fraction of sp³-hybridized carbons (Fsp3) is 0.545. The van der Waals surface area contributed by atoms with Gasteiger partial charge in [-0.25, -0.2) is 0 Å². The molecule has 0 aromatic rings. The minimum Gasteiger partial charge on any atom is -0.299 e. The Labute approximate surface area is 88.9 Å². The summed E-state index contributed by atoms with van der Waals surface area (Å²) < 4.78 is 0. The van der Waals surface area contributed by atoms with Crippen LogP contribution in [-0.2, 0) is 14.4 Å². The number of amides is 2. The van der Waals surface area contributed by atoms with Crippen molar-refractivity contribution in [1.29, 1.82) is 0 Å². The molecule has 0 atom stereocenters. The fourth-order valence-electron chi connectivity index (χ4n) is 1.35. The second-order valence-electron chi connectivity index (χ2n) is 3.89. The number of carbonyl (C=O) groups is 3. The molecule has 0 aliphatic carbocycles. The first-order valence-electron chi connectivity index (χ1n) is 5.08. The lowest BCUT2D eigenvalue weighted by atomic mass is 10.0. The van der Waals surface area contributed by atoms with Gasteiger partial charge in [0.1, 0.15) is 5.78 Å². The van der Waals surface area contributed by atoms with Gasteiger partial charge in [0.15, 0.2) is 0 Å². The topological polar surface area (TPSA) is 54.5 Å². The average molecular weight is 209 g/mol. The van der Waals surface area contributed by atoms with Gasteiger partial charge in [0.05, 0.1) is 0 Å². The van der Waals surface area contributed by atoms with Gasteiger partial charge in [-0.1, -0.05) is 13.8 Å². The van der Waals surface area contributed by atoms with E-state index in [4.69, 9.17) is 0 Å². The Morgan fingerprint density at radius 1 is 1.27 bits per heavy atom. The van der Waals surface area contributed by atoms with Crippen molar-refractivity contribution in [3.05, 3.63) is 12.2 Å². The van der Waals surface area contributed by atoms with Crippen molar-refractivity contribution in [2.75, 3.05) is 6.54 Å². The Hall–Kier alpha value is -1.45. The van der Waals surface area contributed by atoms with Gasteiger partial charge in [-0.3, -0.25) is 19.3 Å². The van der Waals surface area contributed by atoms with E-state index in [9.17, 15) is 14.4 Å². The largest absolute Gasteiger partial charge is 0.299 e. The summed E-state index contributed by atoms with van der Waals surface area (Å²) in [5.41, 5.74) is 0. The highest BCUT2D eigenvalue weighted by molar-refractivity contribution is 6.12. The van der Waals surface area contributed by atoms with Crippen molar-refractivity contribution in [3.63, 3.8) is 0 Å². The van der Waals surface area contributed by atoms with Crippen LogP contribution in [0.2, 0.25) is 0 Å². The second kappa shape index (κ2) is 4.87. The highest BCUT2D eigenvalue weighted by atomic mass is 16.2. The van der Waals surface area contributed by atoms with Crippen molar-refractivity contribution in [1.82, 2.24) is 4.90 Å². The fourth-order valence-corrected chi connectivity index (χ4v) is 1.35. The van der Waals surface area contributed by atoms with Crippen LogP contribution in [-0.4, -0.2) is 29.0 Å². The van der Waals surface area contributed by atoms with Gasteiger partial charge in [0.2, 0.25) is 0 Å². The van der Waals surface area contributed by atoms with Crippen LogP contribution in [0.5, 0.6) is 0 Å². The lowest BCUT2D eigenvalue weighted by molar-refractivity contribution is -0.137. The first-order chi connectivity index (χ1) is 7.02. The molecule has 1 aliphatic rings. The number of imide groups is 1. The van der Waals surface area contributed by atoms with Crippen molar-refractivity contribution >= 4 is 17.6 Å². The molecule has 0 aromatic heterocycles. The van der Waals surface area contributed by atoms with Crippen molar-refractivity contribution in [2.45, 2.75) is 26.7 Å². The van der Waals surface area contributed by atoms with Crippen LogP contribution in [0.4, 0.5) is 0 Å². The summed E-state index contributed by atoms with van der Waals surface area (Å²) in [6.45, 7) is 4.02. The van der Waals surface area contributed by atoms with E-state index in [0.717, 1.165) is 4.90 Å². The van der Waals surface area contributed by atoms with Gasteiger partial charge in [-0.2, -0.15) is 0 Å². The maximum Gasteiger partial charge on any atom is 0.253 e. The third-order valence-electron chi connectivity index (χ3n) is 2.35. The Morgan fingerprint density at radius 2 is 1.80 bits per heavy atom. The first-order valence-corrected chi connectivity index (χ1v) is 5.08. The van der Waals surface area contributed by atoms with E-state index in [2.05, 4.69) is 0 Å². The maximum absolute atomic E-state index is 11.3. The van der Waals surface area contributed by atoms with E-state index in [1.165, 1.54) is 12.2 Å². The van der Waals surface area contributed by atoms with E-state index in [0.29, 0.717) is 19.4 Å². The quantitative estimate of drug-likeness (QED) is 0.632. The molecule has 2 amide bonds. The second-order valence-corrected chi connectivity index (χ2v) is 3.89. The zero-order valence-corrected chi connectivity index (χ0v) is 9.03. The van der Waals surface area contributed by atoms with E-state index < -0.39 is 0 Å². The minimum atomic E-state index is -0.281. The molecule has 0 saturated heterocycles. The number of hydrogen-bond donors (Lipinski definition) is 0. The third-order valence-corrected chi connectivity index (χ3v) is 2.35. The predicted octanol–water partition coefficient (Wildman–Crippen LogP) is 0.917. The number of nitrogens with zero attached hydrogens (tertiary/aromatic N) is 1. The normalized spacial score (nSPS) is 15.5. The lowest BCUT2D eigenvalue weighted by Crippen LogP contribution is -2.31. The van der Waals surface area contributed by atoms with Gasteiger partial charge in [-0.15, -0.1) is 0 Å². The molecule has 1 aliphatic heterocycles. The molecule has 0 radical (unpaired) electrons. The summed E-state index contributed by atoms with van der Waals surface area (Å²) >= 11 is 0. The van der Waals surface area contributed by atoms with Gasteiger partial charge in [0.25, 0.3) is 11.8 Å². The number of rotatable bonds is 5. The summed E-state index contributed by atoms with van der Waals surface area (Å²) in [4.78, 5) is 34.7. The summed E-state index contributed by atoms with van der Waals surface area (Å²) in [5, 5.41) is 0. The first kappa shape index (κ1) is 11.6. The molecule has 82 valence electrons. The zero-order valence-electron chi connectivity index (χ0n) is 9.03. The molecule has 1 rings (SSSR count). The molecule has 0 bridgehead atoms. The number of ketones is 1. The molecule has 4 nitrogen and oxygen atoms in total. The smallest absolute Gasteiger partial charge is 0.253 e. The Kier molecular flexibility index (Phi) is 3.77. The number of carbonyl (C=O) groups excluding carboxylic acids is 3. The summed E-state index contributed by atoms with van der Waals surface area (Å²) in [7, 11) is 0. The van der Waals surface area contributed by atoms with E-state index in [1.807, 2.05) is 13.8 Å². The minimum absolute atomic E-state index is 0.0214. The molecule has 0 aromatic carbocycles. The van der Waals surface area contributed by atoms with Crippen LogP contribution in [0, 0.1) is 5.92 Å². The van der Waals surface area contributed by atoms with Crippen molar-refractivity contribution < 1.29 is 14.4 Å². The van der Waals surface area contributed by atoms with Gasteiger partial charge >= 0.3 is 0 Å². The molecule has 4 heteroatoms. The monoisotopic (exact) mass is 209 g/mol. The van der Waals surface area contributed by atoms with Gasteiger partial charge in [-0.05, 0) is 6.42 Å². The van der Waals surface area contributed by atoms with Crippen molar-refractivity contribution in [2.24, 2.45) is 5.92 Å². The predicted molar refractivity (Wildman–Crippen MR) is 54.9 cm³/mol. The number of Topliss-reactive ketones (excluding diaryl/α,β-unsaturated/α-hetero) is 1. The van der Waals surface area contributed by atoms with Crippen LogP contribution in [0.25, 0.3) is 0 Å². The van der Waals surface area contributed by atoms with E-state index in [-0.39, 0.29) is 23.5 Å². The zero-order chi connectivity index (χ0) is 11.4. The summed E-state index contributed by atoms with van der Waals surface area (Å²) in [6, 6.07) is 0. The molecular weight excluding hydrogens is 194 g/mol. The molecule has 0 fully saturated rings. The lowest BCUT2D eigenvalue weighted by Gasteiger charge is -2.13. The standard InChI is InChI=1S/C11H15NO3/c1-8(2)9(13)4-3-7-12-10(14)5-6-11(12)15/h5-6,8H,3-4,7H2,1-2H3. The van der Waals surface area contributed by atoms with E-state index in [1.54, 1.807) is 0 Å². The highest BCUT2D eigenvalue weighted by Crippen LogP contribution is 2.07. The van der Waals surface area contributed by atoms with Crippen LogP contribution in [0.1, 0.15) is 26.7 Å². The molecular formula is C11H15NO3. The molecule has 0 unspecified atom stereocenters. The average Bonchev–Trinajstić information content (AvgIpc) is 2.48. The third kappa shape index (κ3) is 3.01. The van der Waals surface area contributed by atoms with Crippen LogP contribution >= 0.6 is 0 Å². The van der Waals surface area contributed by atoms with Crippen LogP contribution in [0.3, 0.4) is 0 Å². The van der Waals surface area contributed by atoms with Crippen LogP contribution in [0.15, 0.2) is 12.2 Å². The van der Waals surface area contributed by atoms with Gasteiger partial charge < -0.3 is 0 Å². The molecule has 0 N–H and O–H groups in total. The number of hydrogen-bond acceptors (Lipinski definition) is 3. The molecule has 0 saturated carbocycles.